The molecule has 17 nitrogen and oxygen atoms in total. The monoisotopic (exact) mass is 1250 g/mol. The molecule has 19 heteroatoms. The predicted molar refractivity (Wildman–Crippen MR) is 340 cm³/mol. The highest BCUT2D eigenvalue weighted by Crippen LogP contribution is 2.45. The molecule has 0 bridgehead atoms. The minimum atomic E-state index is -4.95. The van der Waals surface area contributed by atoms with Crippen LogP contribution >= 0.6 is 15.6 Å². The third-order valence-corrected chi connectivity index (χ3v) is 17.8. The van der Waals surface area contributed by atoms with Crippen molar-refractivity contribution < 1.29 is 80.2 Å². The van der Waals surface area contributed by atoms with Gasteiger partial charge < -0.3 is 33.8 Å². The molecule has 0 saturated carbocycles. The van der Waals surface area contributed by atoms with Crippen LogP contribution in [0.1, 0.15) is 330 Å². The van der Waals surface area contributed by atoms with Crippen LogP contribution < -0.4 is 0 Å². The van der Waals surface area contributed by atoms with Crippen molar-refractivity contribution in [2.75, 3.05) is 39.6 Å². The highest BCUT2D eigenvalue weighted by Gasteiger charge is 2.30. The van der Waals surface area contributed by atoms with Crippen molar-refractivity contribution in [3.05, 3.63) is 0 Å². The number of esters is 4. The largest absolute Gasteiger partial charge is 0.472 e. The first-order chi connectivity index (χ1) is 40.9. The first kappa shape index (κ1) is 83.1. The molecular formula is C66H128O17P2. The minimum absolute atomic E-state index is 0.102. The van der Waals surface area contributed by atoms with E-state index >= 15 is 0 Å². The lowest BCUT2D eigenvalue weighted by molar-refractivity contribution is -0.161. The van der Waals surface area contributed by atoms with E-state index < -0.39 is 97.5 Å². The van der Waals surface area contributed by atoms with Gasteiger partial charge in [-0.05, 0) is 37.5 Å². The van der Waals surface area contributed by atoms with Gasteiger partial charge in [0.1, 0.15) is 19.3 Å². The summed E-state index contributed by atoms with van der Waals surface area (Å²) in [5.41, 5.74) is 0. The van der Waals surface area contributed by atoms with Crippen molar-refractivity contribution >= 4 is 39.5 Å². The summed E-state index contributed by atoms with van der Waals surface area (Å²) in [7, 11) is -9.89. The van der Waals surface area contributed by atoms with E-state index in [1.807, 2.05) is 0 Å². The molecule has 0 fully saturated rings. The Balaban J connectivity index is 5.18. The zero-order valence-corrected chi connectivity index (χ0v) is 56.7. The second-order valence-corrected chi connectivity index (χ2v) is 27.2. The van der Waals surface area contributed by atoms with Gasteiger partial charge in [0.05, 0.1) is 26.4 Å². The number of aliphatic hydroxyl groups excluding tert-OH is 1. The number of aliphatic hydroxyl groups is 1. The van der Waals surface area contributed by atoms with Gasteiger partial charge in [0.2, 0.25) is 0 Å². The van der Waals surface area contributed by atoms with Crippen LogP contribution in [0, 0.1) is 11.8 Å². The molecule has 0 aromatic carbocycles. The summed E-state index contributed by atoms with van der Waals surface area (Å²) in [5.74, 6) is -0.687. The Kier molecular flexibility index (Phi) is 57.1. The van der Waals surface area contributed by atoms with Gasteiger partial charge in [-0.2, -0.15) is 0 Å². The lowest BCUT2D eigenvalue weighted by Crippen LogP contribution is -2.30. The Hall–Kier alpha value is -1.94. The molecule has 4 unspecified atom stereocenters. The Labute approximate surface area is 517 Å². The van der Waals surface area contributed by atoms with E-state index in [2.05, 4.69) is 41.5 Å². The summed E-state index contributed by atoms with van der Waals surface area (Å²) < 4.78 is 68.0. The molecule has 0 heterocycles. The second kappa shape index (κ2) is 58.4. The number of carbonyl (C=O) groups excluding carboxylic acids is 4. The standard InChI is InChI=1S/C66H128O17P2/c1-7-11-13-15-17-18-19-20-21-22-23-24-25-26-27-29-38-44-50-65(70)82-61(55-77-64(69)49-43-37-32-30-34-40-46-58(5)9-3)56-80-84(72,73)78-52-60(67)53-79-85(74,75)81-57-62(54-76-63(68)48-42-36-28-16-14-12-8-2)83-66(71)51-45-39-33-31-35-41-47-59(6)10-4/h58-62,67H,7-57H2,1-6H3,(H,72,73)(H,74,75)/t58?,59?,60-,61-,62-/m1/s1. The van der Waals surface area contributed by atoms with Crippen molar-refractivity contribution in [1.29, 1.82) is 0 Å². The smallest absolute Gasteiger partial charge is 0.462 e. The van der Waals surface area contributed by atoms with Crippen LogP contribution in [-0.2, 0) is 65.4 Å². The van der Waals surface area contributed by atoms with Gasteiger partial charge in [-0.1, -0.05) is 279 Å². The summed E-state index contributed by atoms with van der Waals surface area (Å²) in [6, 6.07) is 0. The van der Waals surface area contributed by atoms with Gasteiger partial charge in [0.15, 0.2) is 12.2 Å². The highest BCUT2D eigenvalue weighted by atomic mass is 31.2. The zero-order chi connectivity index (χ0) is 62.9. The number of hydrogen-bond donors (Lipinski definition) is 3. The lowest BCUT2D eigenvalue weighted by atomic mass is 10.00. The van der Waals surface area contributed by atoms with E-state index in [-0.39, 0.29) is 25.7 Å². The Bertz CT molecular complexity index is 1670. The van der Waals surface area contributed by atoms with Crippen LogP contribution in [0.15, 0.2) is 0 Å². The molecule has 85 heavy (non-hydrogen) atoms. The molecular weight excluding hydrogens is 1130 g/mol. The van der Waals surface area contributed by atoms with E-state index in [1.54, 1.807) is 0 Å². The number of ether oxygens (including phenoxy) is 4. The maximum atomic E-state index is 13.0. The van der Waals surface area contributed by atoms with Gasteiger partial charge in [0.25, 0.3) is 0 Å². The number of phosphoric ester groups is 2. The molecule has 3 N–H and O–H groups in total. The fourth-order valence-electron chi connectivity index (χ4n) is 9.82. The molecule has 0 saturated heterocycles. The fourth-order valence-corrected chi connectivity index (χ4v) is 11.4. The molecule has 504 valence electrons. The number of phosphoric acid groups is 2. The fraction of sp³-hybridized carbons (Fsp3) is 0.939. The molecule has 0 aliphatic rings. The number of hydrogen-bond acceptors (Lipinski definition) is 15. The van der Waals surface area contributed by atoms with Crippen LogP contribution in [-0.4, -0.2) is 96.7 Å². The van der Waals surface area contributed by atoms with E-state index in [1.165, 1.54) is 128 Å². The maximum Gasteiger partial charge on any atom is 0.472 e. The molecule has 0 spiro atoms. The minimum Gasteiger partial charge on any atom is -0.462 e. The van der Waals surface area contributed by atoms with E-state index in [0.717, 1.165) is 121 Å². The normalized spacial score (nSPS) is 14.9. The average molecular weight is 1260 g/mol. The first-order valence-electron chi connectivity index (χ1n) is 34.6. The molecule has 0 amide bonds. The molecule has 0 aliphatic carbocycles. The third kappa shape index (κ3) is 58.2. The van der Waals surface area contributed by atoms with Crippen molar-refractivity contribution in [3.63, 3.8) is 0 Å². The highest BCUT2D eigenvalue weighted by molar-refractivity contribution is 7.47. The molecule has 0 aromatic rings. The molecule has 0 radical (unpaired) electrons. The van der Waals surface area contributed by atoms with Crippen LogP contribution in [0.3, 0.4) is 0 Å². The van der Waals surface area contributed by atoms with Crippen LogP contribution in [0.25, 0.3) is 0 Å². The Morgan fingerprint density at radius 1 is 0.329 bits per heavy atom. The van der Waals surface area contributed by atoms with Crippen molar-refractivity contribution in [2.24, 2.45) is 11.8 Å². The van der Waals surface area contributed by atoms with Crippen LogP contribution in [0.2, 0.25) is 0 Å². The van der Waals surface area contributed by atoms with Crippen LogP contribution in [0.5, 0.6) is 0 Å². The summed E-state index contributed by atoms with van der Waals surface area (Å²) in [6.45, 7) is 9.38. The van der Waals surface area contributed by atoms with Crippen molar-refractivity contribution in [2.45, 2.75) is 349 Å². The second-order valence-electron chi connectivity index (χ2n) is 24.3. The Morgan fingerprint density at radius 2 is 0.565 bits per heavy atom. The SMILES string of the molecule is CCCCCCCCCCCCCCCCCCCCC(=O)O[C@H](COC(=O)CCCCCCCCC(C)CC)COP(=O)(O)OC[C@@H](O)COP(=O)(O)OC[C@@H](COC(=O)CCCCCCCCC)OC(=O)CCCCCCCCC(C)CC. The lowest BCUT2D eigenvalue weighted by Gasteiger charge is -2.21. The van der Waals surface area contributed by atoms with E-state index in [4.69, 9.17) is 37.0 Å². The average Bonchev–Trinajstić information content (AvgIpc) is 3.62. The van der Waals surface area contributed by atoms with Crippen molar-refractivity contribution in [1.82, 2.24) is 0 Å². The Morgan fingerprint density at radius 3 is 0.835 bits per heavy atom. The predicted octanol–water partition coefficient (Wildman–Crippen LogP) is 18.4. The molecule has 7 atom stereocenters. The summed E-state index contributed by atoms with van der Waals surface area (Å²) >= 11 is 0. The van der Waals surface area contributed by atoms with Gasteiger partial charge in [-0.15, -0.1) is 0 Å². The number of unbranched alkanes of at least 4 members (excludes halogenated alkanes) is 33. The van der Waals surface area contributed by atoms with Crippen LogP contribution in [0.4, 0.5) is 0 Å². The van der Waals surface area contributed by atoms with Gasteiger partial charge in [-0.3, -0.25) is 37.3 Å². The molecule has 0 rings (SSSR count). The van der Waals surface area contributed by atoms with Gasteiger partial charge in [-0.25, -0.2) is 9.13 Å². The van der Waals surface area contributed by atoms with Gasteiger partial charge >= 0.3 is 39.5 Å². The molecule has 0 aliphatic heterocycles. The topological polar surface area (TPSA) is 237 Å². The van der Waals surface area contributed by atoms with E-state index in [9.17, 15) is 43.2 Å². The quantitative estimate of drug-likeness (QED) is 0.0222. The first-order valence-corrected chi connectivity index (χ1v) is 37.6. The number of rotatable bonds is 65. The van der Waals surface area contributed by atoms with E-state index in [0.29, 0.717) is 25.7 Å². The number of carbonyl (C=O) groups is 4. The van der Waals surface area contributed by atoms with Gasteiger partial charge in [0, 0.05) is 25.7 Å². The molecule has 0 aromatic heterocycles. The summed E-state index contributed by atoms with van der Waals surface area (Å²) in [4.78, 5) is 72.2. The summed E-state index contributed by atoms with van der Waals surface area (Å²) in [6.07, 6.45) is 42.0. The van der Waals surface area contributed by atoms with Crippen molar-refractivity contribution in [3.8, 4) is 0 Å². The third-order valence-electron chi connectivity index (χ3n) is 15.9. The maximum absolute atomic E-state index is 13.0. The zero-order valence-electron chi connectivity index (χ0n) is 54.9. The summed E-state index contributed by atoms with van der Waals surface area (Å²) in [5, 5.41) is 10.5.